The van der Waals surface area contributed by atoms with Crippen molar-refractivity contribution in [2.45, 2.75) is 71.8 Å². The largest absolute Gasteiger partial charge is 0.433 e. The average molecular weight is 449 g/mol. The molecule has 4 nitrogen and oxygen atoms in total. The number of hydrogen-bond acceptors (Lipinski definition) is 4. The fraction of sp³-hybridized carbons (Fsp3) is 0.647. The summed E-state index contributed by atoms with van der Waals surface area (Å²) in [5.74, 6) is 0. The van der Waals surface area contributed by atoms with Crippen LogP contribution in [-0.2, 0) is 16.5 Å². The Hall–Kier alpha value is 0.144. The third kappa shape index (κ3) is 8.44. The maximum atomic E-state index is 6.74. The van der Waals surface area contributed by atoms with Crippen LogP contribution < -0.4 is 0 Å². The predicted molar refractivity (Wildman–Crippen MR) is 126 cm³/mol. The lowest BCUT2D eigenvalue weighted by molar-refractivity contribution is 0.293. The first-order chi connectivity index (χ1) is 11.6. The highest BCUT2D eigenvalue weighted by Gasteiger charge is 2.49. The molecule has 0 fully saturated rings. The second kappa shape index (κ2) is 9.57. The first kappa shape index (κ1) is 26.1. The van der Waals surface area contributed by atoms with Crippen LogP contribution >= 0.6 is 0 Å². The summed E-state index contributed by atoms with van der Waals surface area (Å²) in [6.45, 7) is 31.0. The summed E-state index contributed by atoms with van der Waals surface area (Å²) >= 11 is 0. The van der Waals surface area contributed by atoms with E-state index in [1.54, 1.807) is 0 Å². The van der Waals surface area contributed by atoms with Crippen LogP contribution in [0.25, 0.3) is 0 Å². The summed E-state index contributed by atoms with van der Waals surface area (Å²) in [5.41, 5.74) is 5.77. The number of hydrogen-bond donors (Lipinski definition) is 0. The predicted octanol–water partition coefficient (Wildman–Crippen LogP) is 5.89. The summed E-state index contributed by atoms with van der Waals surface area (Å²) in [4.78, 5) is 0. The van der Waals surface area contributed by atoms with Crippen LogP contribution in [0.5, 0.6) is 0 Å². The summed E-state index contributed by atoms with van der Waals surface area (Å²) in [6, 6.07) is 1.71. The van der Waals surface area contributed by atoms with Gasteiger partial charge in [-0.15, -0.1) is 19.7 Å². The van der Waals surface area contributed by atoms with Crippen LogP contribution in [0.4, 0.5) is 0 Å². The van der Waals surface area contributed by atoms with E-state index in [4.69, 9.17) is 16.5 Å². The van der Waals surface area contributed by atoms with Gasteiger partial charge in [0, 0.05) is 0 Å². The van der Waals surface area contributed by atoms with Gasteiger partial charge in [-0.1, -0.05) is 30.9 Å². The van der Waals surface area contributed by atoms with Crippen molar-refractivity contribution in [1.29, 1.82) is 0 Å². The molecule has 0 aliphatic carbocycles. The van der Waals surface area contributed by atoms with Crippen molar-refractivity contribution in [3.8, 4) is 0 Å². The van der Waals surface area contributed by atoms with E-state index in [-0.39, 0.29) is 0 Å². The molecule has 0 aromatic carbocycles. The van der Waals surface area contributed by atoms with Crippen molar-refractivity contribution < 1.29 is 16.5 Å². The molecule has 0 amide bonds. The summed E-state index contributed by atoms with van der Waals surface area (Å²) in [5, 5.41) is 0. The van der Waals surface area contributed by atoms with Crippen LogP contribution in [-0.4, -0.2) is 42.3 Å². The molecule has 0 aromatic rings. The Morgan fingerprint density at radius 1 is 0.615 bits per heavy atom. The second-order valence-electron chi connectivity index (χ2n) is 8.26. The molecule has 0 N–H and O–H groups in total. The van der Waals surface area contributed by atoms with E-state index in [9.17, 15) is 0 Å². The van der Waals surface area contributed by atoms with E-state index in [1.807, 2.05) is 17.1 Å². The van der Waals surface area contributed by atoms with E-state index in [0.29, 0.717) is 0 Å². The molecule has 1 unspecified atom stereocenters. The fourth-order valence-electron chi connectivity index (χ4n) is 2.74. The van der Waals surface area contributed by atoms with Gasteiger partial charge in [-0.2, -0.15) is 0 Å². The minimum Gasteiger partial charge on any atom is -0.433 e. The molecule has 1 atom stereocenters. The van der Waals surface area contributed by atoms with Crippen LogP contribution in [0.2, 0.25) is 57.9 Å². The van der Waals surface area contributed by atoms with E-state index >= 15 is 0 Å². The highest BCUT2D eigenvalue weighted by atomic mass is 28.5. The highest BCUT2D eigenvalue weighted by molar-refractivity contribution is 6.94. The smallest absolute Gasteiger partial charge is 0.342 e. The molecular formula is C17H40O4Si5. The van der Waals surface area contributed by atoms with Gasteiger partial charge in [0.2, 0.25) is 0 Å². The van der Waals surface area contributed by atoms with Gasteiger partial charge < -0.3 is 16.5 Å². The fourth-order valence-corrected chi connectivity index (χ4v) is 24.3. The van der Waals surface area contributed by atoms with Crippen LogP contribution in [0, 0.1) is 0 Å². The molecule has 0 aromatic heterocycles. The van der Waals surface area contributed by atoms with Gasteiger partial charge in [-0.05, 0) is 57.9 Å². The minimum atomic E-state index is -2.57. The van der Waals surface area contributed by atoms with Crippen molar-refractivity contribution in [2.24, 2.45) is 0 Å². The molecule has 0 aliphatic rings. The molecule has 0 heterocycles. The molecule has 0 saturated carbocycles. The van der Waals surface area contributed by atoms with Gasteiger partial charge in [0.25, 0.3) is 0 Å². The lowest BCUT2D eigenvalue weighted by Crippen LogP contribution is -2.60. The summed E-state index contributed by atoms with van der Waals surface area (Å²) in [6.07, 6.45) is 0. The second-order valence-corrected chi connectivity index (χ2v) is 27.2. The van der Waals surface area contributed by atoms with E-state index in [1.165, 1.54) is 0 Å². The molecule has 9 heteroatoms. The van der Waals surface area contributed by atoms with Gasteiger partial charge in [-0.25, -0.2) is 0 Å². The average Bonchev–Trinajstić information content (AvgIpc) is 2.52. The lowest BCUT2D eigenvalue weighted by atomic mass is 10.9. The van der Waals surface area contributed by atoms with Crippen molar-refractivity contribution in [3.05, 3.63) is 36.8 Å². The molecule has 0 rings (SSSR count). The normalized spacial score (nSPS) is 16.0. The topological polar surface area (TPSA) is 36.9 Å². The molecule has 0 bridgehead atoms. The lowest BCUT2D eigenvalue weighted by Gasteiger charge is -2.44. The molecule has 0 saturated heterocycles. The van der Waals surface area contributed by atoms with Gasteiger partial charge >= 0.3 is 25.7 Å². The molecule has 0 spiro atoms. The third-order valence-electron chi connectivity index (χ3n) is 4.23. The van der Waals surface area contributed by atoms with Crippen molar-refractivity contribution >= 4 is 42.3 Å². The maximum Gasteiger partial charge on any atom is 0.342 e. The van der Waals surface area contributed by atoms with Crippen LogP contribution in [0.1, 0.15) is 13.8 Å². The van der Waals surface area contributed by atoms with E-state index in [2.05, 4.69) is 79.4 Å². The first-order valence-electron chi connectivity index (χ1n) is 9.35. The van der Waals surface area contributed by atoms with E-state index in [0.717, 1.165) is 12.1 Å². The monoisotopic (exact) mass is 448 g/mol. The third-order valence-corrected chi connectivity index (χ3v) is 23.4. The molecule has 26 heavy (non-hydrogen) atoms. The summed E-state index contributed by atoms with van der Waals surface area (Å²) < 4.78 is 26.4. The Bertz CT molecular complexity index is 503. The highest BCUT2D eigenvalue weighted by Crippen LogP contribution is 2.31. The minimum absolute atomic E-state index is 0.856. The molecule has 0 radical (unpaired) electrons. The molecular weight excluding hydrogens is 409 g/mol. The SMILES string of the molecule is C=C[Si](C)(C)O[Si](C)(C)O[Si](CC)(CC)O[Si](C)(C=C)O[Si](C)(C)C=C. The Balaban J connectivity index is 5.62. The van der Waals surface area contributed by atoms with E-state index < -0.39 is 42.3 Å². The van der Waals surface area contributed by atoms with Gasteiger partial charge in [0.05, 0.1) is 0 Å². The van der Waals surface area contributed by atoms with Gasteiger partial charge in [0.15, 0.2) is 16.6 Å². The standard InChI is InChI=1S/C17H40O4Si5/c1-13-22(6,7)18-24(10,11)20-26(16-4,17-5)21-25(12,15-3)19-23(8,9)14-2/h13-15H,1-3,16-17H2,4-12H3. The Labute approximate surface area is 167 Å². The zero-order chi connectivity index (χ0) is 20.9. The molecule has 0 aliphatic heterocycles. The number of rotatable bonds is 13. The maximum absolute atomic E-state index is 6.74. The zero-order valence-electron chi connectivity index (χ0n) is 18.4. The Morgan fingerprint density at radius 2 is 1.04 bits per heavy atom. The van der Waals surface area contributed by atoms with Crippen molar-refractivity contribution in [3.63, 3.8) is 0 Å². The summed E-state index contributed by atoms with van der Waals surface area (Å²) in [7, 11) is -11.3. The molecule has 152 valence electrons. The zero-order valence-corrected chi connectivity index (χ0v) is 23.4. The van der Waals surface area contributed by atoms with Crippen molar-refractivity contribution in [1.82, 2.24) is 0 Å². The quantitative estimate of drug-likeness (QED) is 0.329. The van der Waals surface area contributed by atoms with Crippen molar-refractivity contribution in [2.75, 3.05) is 0 Å². The van der Waals surface area contributed by atoms with Crippen LogP contribution in [0.3, 0.4) is 0 Å². The van der Waals surface area contributed by atoms with Gasteiger partial charge in [-0.3, -0.25) is 0 Å². The first-order valence-corrected chi connectivity index (χ1v) is 22.8. The Morgan fingerprint density at radius 3 is 1.38 bits per heavy atom. The van der Waals surface area contributed by atoms with Crippen LogP contribution in [0.15, 0.2) is 36.8 Å². The Kier molecular flexibility index (Phi) is 9.62. The van der Waals surface area contributed by atoms with Gasteiger partial charge in [0.1, 0.15) is 0 Å².